The van der Waals surface area contributed by atoms with Gasteiger partial charge in [-0.3, -0.25) is 4.90 Å². The molecule has 7 heteroatoms. The Morgan fingerprint density at radius 1 is 1.48 bits per heavy atom. The van der Waals surface area contributed by atoms with E-state index in [0.717, 1.165) is 24.7 Å². The lowest BCUT2D eigenvalue weighted by molar-refractivity contribution is 0.135. The van der Waals surface area contributed by atoms with Gasteiger partial charge in [-0.1, -0.05) is 28.9 Å². The van der Waals surface area contributed by atoms with Crippen molar-refractivity contribution in [3.05, 3.63) is 46.6 Å². The maximum Gasteiger partial charge on any atom is 0.240 e. The van der Waals surface area contributed by atoms with Gasteiger partial charge in [0.05, 0.1) is 6.54 Å². The number of rotatable bonds is 3. The number of hydrogen-bond donors (Lipinski definition) is 1. The van der Waals surface area contributed by atoms with Crippen LogP contribution in [0.4, 0.5) is 0 Å². The Bertz CT molecular complexity index is 590. The van der Waals surface area contributed by atoms with Crippen LogP contribution in [0.2, 0.25) is 5.02 Å². The first-order chi connectivity index (χ1) is 9.72. The second-order valence-electron chi connectivity index (χ2n) is 4.98. The summed E-state index contributed by atoms with van der Waals surface area (Å²) >= 11 is 6.10. The zero-order valence-corrected chi connectivity index (χ0v) is 13.3. The van der Waals surface area contributed by atoms with E-state index in [4.69, 9.17) is 16.1 Å². The van der Waals surface area contributed by atoms with Gasteiger partial charge in [0.1, 0.15) is 0 Å². The van der Waals surface area contributed by atoms with E-state index in [1.165, 1.54) is 5.56 Å². The molecule has 3 rings (SSSR count). The van der Waals surface area contributed by atoms with Gasteiger partial charge in [-0.2, -0.15) is 4.98 Å². The number of aryl methyl sites for hydroxylation is 1. The summed E-state index contributed by atoms with van der Waals surface area (Å²) in [6.45, 7) is 5.30. The summed E-state index contributed by atoms with van der Waals surface area (Å²) in [5, 5.41) is 8.03. The van der Waals surface area contributed by atoms with Gasteiger partial charge >= 0.3 is 0 Å². The van der Waals surface area contributed by atoms with Crippen molar-refractivity contribution in [2.45, 2.75) is 19.5 Å². The third-order valence-electron chi connectivity index (χ3n) is 3.50. The SMILES string of the molecule is Cc1noc(CN2CCNCC2c2cccc(Cl)c2)n1.Cl. The quantitative estimate of drug-likeness (QED) is 0.938. The van der Waals surface area contributed by atoms with Crippen LogP contribution >= 0.6 is 24.0 Å². The Labute approximate surface area is 135 Å². The van der Waals surface area contributed by atoms with E-state index < -0.39 is 0 Å². The third-order valence-corrected chi connectivity index (χ3v) is 3.73. The van der Waals surface area contributed by atoms with Crippen LogP contribution in [0.15, 0.2) is 28.8 Å². The molecule has 0 saturated carbocycles. The zero-order valence-electron chi connectivity index (χ0n) is 11.8. The lowest BCUT2D eigenvalue weighted by Gasteiger charge is -2.35. The number of aromatic nitrogens is 2. The van der Waals surface area contributed by atoms with Gasteiger partial charge in [-0.15, -0.1) is 12.4 Å². The highest BCUT2D eigenvalue weighted by molar-refractivity contribution is 6.30. The second-order valence-corrected chi connectivity index (χ2v) is 5.42. The lowest BCUT2D eigenvalue weighted by Crippen LogP contribution is -2.45. The molecule has 1 atom stereocenters. The van der Waals surface area contributed by atoms with Gasteiger partial charge in [-0.25, -0.2) is 0 Å². The molecular formula is C14H18Cl2N4O. The number of piperazine rings is 1. The minimum absolute atomic E-state index is 0. The molecule has 1 saturated heterocycles. The van der Waals surface area contributed by atoms with E-state index in [9.17, 15) is 0 Å². The standard InChI is InChI=1S/C14H17ClN4O.ClH/c1-10-17-14(20-18-10)9-19-6-5-16-8-13(19)11-3-2-4-12(15)7-11;/h2-4,7,13,16H,5-6,8-9H2,1H3;1H. The summed E-state index contributed by atoms with van der Waals surface area (Å²) in [5.41, 5.74) is 1.21. The summed E-state index contributed by atoms with van der Waals surface area (Å²) in [6.07, 6.45) is 0. The highest BCUT2D eigenvalue weighted by Gasteiger charge is 2.25. The molecule has 1 aliphatic heterocycles. The number of nitrogens with zero attached hydrogens (tertiary/aromatic N) is 3. The fourth-order valence-electron chi connectivity index (χ4n) is 2.56. The average Bonchev–Trinajstić information content (AvgIpc) is 2.85. The van der Waals surface area contributed by atoms with Crippen molar-refractivity contribution in [2.24, 2.45) is 0 Å². The van der Waals surface area contributed by atoms with E-state index in [0.29, 0.717) is 18.3 Å². The van der Waals surface area contributed by atoms with Crippen LogP contribution in [0.5, 0.6) is 0 Å². The maximum absolute atomic E-state index is 6.10. The smallest absolute Gasteiger partial charge is 0.240 e. The number of halogens is 2. The molecule has 21 heavy (non-hydrogen) atoms. The molecule has 2 heterocycles. The molecule has 0 amide bonds. The summed E-state index contributed by atoms with van der Waals surface area (Å²) in [4.78, 5) is 6.63. The van der Waals surface area contributed by atoms with Gasteiger partial charge in [0, 0.05) is 30.7 Å². The molecule has 2 aromatic rings. The van der Waals surface area contributed by atoms with E-state index >= 15 is 0 Å². The molecule has 1 aliphatic rings. The first-order valence-corrected chi connectivity index (χ1v) is 7.09. The van der Waals surface area contributed by atoms with Gasteiger partial charge in [-0.05, 0) is 24.6 Å². The van der Waals surface area contributed by atoms with E-state index in [-0.39, 0.29) is 18.4 Å². The molecule has 0 aliphatic carbocycles. The molecule has 1 N–H and O–H groups in total. The highest BCUT2D eigenvalue weighted by Crippen LogP contribution is 2.25. The molecule has 0 bridgehead atoms. The Morgan fingerprint density at radius 3 is 3.05 bits per heavy atom. The lowest BCUT2D eigenvalue weighted by atomic mass is 10.0. The molecule has 1 unspecified atom stereocenters. The van der Waals surface area contributed by atoms with E-state index in [2.05, 4.69) is 26.4 Å². The normalized spacial score (nSPS) is 19.2. The molecule has 1 aromatic carbocycles. The predicted molar refractivity (Wildman–Crippen MR) is 83.8 cm³/mol. The van der Waals surface area contributed by atoms with Crippen LogP contribution in [0.3, 0.4) is 0 Å². The minimum atomic E-state index is 0. The first-order valence-electron chi connectivity index (χ1n) is 6.72. The van der Waals surface area contributed by atoms with Gasteiger partial charge in [0.15, 0.2) is 5.82 Å². The Balaban J connectivity index is 0.00000161. The van der Waals surface area contributed by atoms with Crippen molar-refractivity contribution < 1.29 is 4.52 Å². The monoisotopic (exact) mass is 328 g/mol. The zero-order chi connectivity index (χ0) is 13.9. The minimum Gasteiger partial charge on any atom is -0.338 e. The number of hydrogen-bond acceptors (Lipinski definition) is 5. The van der Waals surface area contributed by atoms with Crippen LogP contribution in [0.25, 0.3) is 0 Å². The first kappa shape index (κ1) is 16.2. The van der Waals surface area contributed by atoms with Crippen molar-refractivity contribution in [2.75, 3.05) is 19.6 Å². The van der Waals surface area contributed by atoms with Crippen molar-refractivity contribution in [3.63, 3.8) is 0 Å². The van der Waals surface area contributed by atoms with Crippen LogP contribution in [0, 0.1) is 6.92 Å². The molecule has 114 valence electrons. The largest absolute Gasteiger partial charge is 0.338 e. The Kier molecular flexibility index (Phi) is 5.58. The van der Waals surface area contributed by atoms with Gasteiger partial charge in [0.25, 0.3) is 0 Å². The van der Waals surface area contributed by atoms with Crippen molar-refractivity contribution >= 4 is 24.0 Å². The summed E-state index contributed by atoms with van der Waals surface area (Å²) in [6, 6.07) is 8.28. The molecule has 1 fully saturated rings. The highest BCUT2D eigenvalue weighted by atomic mass is 35.5. The molecule has 5 nitrogen and oxygen atoms in total. The van der Waals surface area contributed by atoms with Crippen molar-refractivity contribution in [3.8, 4) is 0 Å². The predicted octanol–water partition coefficient (Wildman–Crippen LogP) is 2.60. The Morgan fingerprint density at radius 2 is 2.33 bits per heavy atom. The van der Waals surface area contributed by atoms with Crippen LogP contribution in [-0.4, -0.2) is 34.7 Å². The van der Waals surface area contributed by atoms with Gasteiger partial charge < -0.3 is 9.84 Å². The van der Waals surface area contributed by atoms with Crippen LogP contribution in [-0.2, 0) is 6.54 Å². The van der Waals surface area contributed by atoms with E-state index in [1.54, 1.807) is 0 Å². The maximum atomic E-state index is 6.10. The number of benzene rings is 1. The molecule has 0 radical (unpaired) electrons. The van der Waals surface area contributed by atoms with E-state index in [1.807, 2.05) is 25.1 Å². The molecule has 1 aromatic heterocycles. The number of nitrogens with one attached hydrogen (secondary N) is 1. The summed E-state index contributed by atoms with van der Waals surface area (Å²) in [7, 11) is 0. The molecular weight excluding hydrogens is 311 g/mol. The van der Waals surface area contributed by atoms with Gasteiger partial charge in [0.2, 0.25) is 5.89 Å². The third kappa shape index (κ3) is 3.95. The summed E-state index contributed by atoms with van der Waals surface area (Å²) in [5.74, 6) is 1.34. The fourth-order valence-corrected chi connectivity index (χ4v) is 2.75. The van der Waals surface area contributed by atoms with Crippen molar-refractivity contribution in [1.29, 1.82) is 0 Å². The summed E-state index contributed by atoms with van der Waals surface area (Å²) < 4.78 is 5.23. The second kappa shape index (κ2) is 7.22. The Hall–Kier alpha value is -1.14. The average molecular weight is 329 g/mol. The van der Waals surface area contributed by atoms with Crippen molar-refractivity contribution in [1.82, 2.24) is 20.4 Å². The topological polar surface area (TPSA) is 54.2 Å². The fraction of sp³-hybridized carbons (Fsp3) is 0.429. The molecule has 0 spiro atoms. The van der Waals surface area contributed by atoms with Crippen LogP contribution < -0.4 is 5.32 Å². The van der Waals surface area contributed by atoms with Crippen LogP contribution in [0.1, 0.15) is 23.3 Å².